The molecule has 0 unspecified atom stereocenters. The Morgan fingerprint density at radius 2 is 1.59 bits per heavy atom. The summed E-state index contributed by atoms with van der Waals surface area (Å²) in [6, 6.07) is 11.7. The van der Waals surface area contributed by atoms with Crippen LogP contribution in [0.4, 0.5) is 0 Å². The van der Waals surface area contributed by atoms with Gasteiger partial charge in [-0.15, -0.1) is 0 Å². The van der Waals surface area contributed by atoms with Crippen LogP contribution in [-0.4, -0.2) is 28.8 Å². The lowest BCUT2D eigenvalue weighted by molar-refractivity contribution is -0.140. The van der Waals surface area contributed by atoms with Crippen LogP contribution in [0.2, 0.25) is 15.1 Å². The van der Waals surface area contributed by atoms with Crippen molar-refractivity contribution in [1.82, 2.24) is 10.2 Å². The second-order valence-electron chi connectivity index (χ2n) is 7.07. The molecule has 0 spiro atoms. The summed E-state index contributed by atoms with van der Waals surface area (Å²) in [5.41, 5.74) is 1.63. The third-order valence-corrected chi connectivity index (χ3v) is 5.76. The van der Waals surface area contributed by atoms with Gasteiger partial charge in [-0.3, -0.25) is 9.59 Å². The Labute approximate surface area is 187 Å². The van der Waals surface area contributed by atoms with Crippen LogP contribution >= 0.6 is 34.8 Å². The minimum atomic E-state index is -0.630. The number of carbonyl (C=O) groups excluding carboxylic acids is 2. The highest BCUT2D eigenvalue weighted by molar-refractivity contribution is 6.42. The fourth-order valence-corrected chi connectivity index (χ4v) is 3.21. The lowest BCUT2D eigenvalue weighted by Gasteiger charge is -2.30. The van der Waals surface area contributed by atoms with Gasteiger partial charge in [-0.2, -0.15) is 0 Å². The van der Waals surface area contributed by atoms with E-state index in [1.165, 1.54) is 0 Å². The molecule has 2 amide bonds. The Bertz CT molecular complexity index is 856. The number of nitrogens with one attached hydrogen (secondary N) is 1. The largest absolute Gasteiger partial charge is 0.352 e. The van der Waals surface area contributed by atoms with Gasteiger partial charge in [0.25, 0.3) is 0 Å². The molecule has 2 rings (SSSR count). The molecule has 2 aromatic carbocycles. The number of carbonyl (C=O) groups is 2. The van der Waals surface area contributed by atoms with Crippen molar-refractivity contribution >= 4 is 46.6 Å². The Kier molecular flexibility index (Phi) is 8.81. The molecule has 0 saturated carbocycles. The molecule has 7 heteroatoms. The first-order valence-electron chi connectivity index (χ1n) is 9.49. The van der Waals surface area contributed by atoms with E-state index in [0.29, 0.717) is 21.6 Å². The summed E-state index contributed by atoms with van der Waals surface area (Å²) in [5, 5.41) is 4.39. The van der Waals surface area contributed by atoms with Crippen molar-refractivity contribution in [2.75, 3.05) is 0 Å². The van der Waals surface area contributed by atoms with Crippen molar-refractivity contribution in [2.24, 2.45) is 0 Å². The number of hydrogen-bond acceptors (Lipinski definition) is 2. The number of nitrogens with zero attached hydrogens (tertiary/aromatic N) is 1. The average molecular weight is 456 g/mol. The zero-order valence-corrected chi connectivity index (χ0v) is 19.0. The maximum atomic E-state index is 13.1. The molecule has 0 bridgehead atoms. The summed E-state index contributed by atoms with van der Waals surface area (Å²) in [6.07, 6.45) is 0.929. The molecule has 0 radical (unpaired) electrons. The standard InChI is InChI=1S/C22H25Cl3N2O2/c1-4-14(2)26-22(29)15(3)27(13-16-5-8-18(23)9-6-16)21(28)12-17-7-10-19(24)20(25)11-17/h5-11,14-15H,4,12-13H2,1-3H3,(H,26,29)/t14-,15+/m0/s1. The van der Waals surface area contributed by atoms with Crippen molar-refractivity contribution in [3.63, 3.8) is 0 Å². The quantitative estimate of drug-likeness (QED) is 0.569. The van der Waals surface area contributed by atoms with Gasteiger partial charge in [0.05, 0.1) is 16.5 Å². The second-order valence-corrected chi connectivity index (χ2v) is 8.32. The topological polar surface area (TPSA) is 49.4 Å². The van der Waals surface area contributed by atoms with E-state index in [0.717, 1.165) is 17.5 Å². The molecular formula is C22H25Cl3N2O2. The summed E-state index contributed by atoms with van der Waals surface area (Å²) >= 11 is 18.0. The van der Waals surface area contributed by atoms with Crippen molar-refractivity contribution in [2.45, 2.75) is 52.2 Å². The normalized spacial score (nSPS) is 12.9. The number of hydrogen-bond donors (Lipinski definition) is 1. The van der Waals surface area contributed by atoms with Gasteiger partial charge in [-0.05, 0) is 55.7 Å². The van der Waals surface area contributed by atoms with E-state index in [9.17, 15) is 9.59 Å². The Morgan fingerprint density at radius 1 is 0.966 bits per heavy atom. The van der Waals surface area contributed by atoms with Crippen molar-refractivity contribution in [1.29, 1.82) is 0 Å². The van der Waals surface area contributed by atoms with E-state index >= 15 is 0 Å². The molecule has 0 aliphatic heterocycles. The van der Waals surface area contributed by atoms with Gasteiger partial charge in [0.15, 0.2) is 0 Å². The lowest BCUT2D eigenvalue weighted by atomic mass is 10.1. The first kappa shape index (κ1) is 23.5. The van der Waals surface area contributed by atoms with Crippen LogP contribution < -0.4 is 5.32 Å². The minimum Gasteiger partial charge on any atom is -0.352 e. The number of rotatable bonds is 8. The van der Waals surface area contributed by atoms with Gasteiger partial charge in [0.2, 0.25) is 11.8 Å². The molecule has 0 saturated heterocycles. The van der Waals surface area contributed by atoms with Crippen LogP contribution in [0.25, 0.3) is 0 Å². The molecule has 1 N–H and O–H groups in total. The van der Waals surface area contributed by atoms with Crippen LogP contribution in [0, 0.1) is 0 Å². The molecule has 0 aliphatic rings. The van der Waals surface area contributed by atoms with E-state index < -0.39 is 6.04 Å². The summed E-state index contributed by atoms with van der Waals surface area (Å²) in [5.74, 6) is -0.360. The smallest absolute Gasteiger partial charge is 0.242 e. The molecule has 2 aromatic rings. The van der Waals surface area contributed by atoms with Gasteiger partial charge in [-0.1, -0.05) is 59.9 Å². The maximum absolute atomic E-state index is 13.1. The van der Waals surface area contributed by atoms with Gasteiger partial charge >= 0.3 is 0 Å². The molecule has 0 aliphatic carbocycles. The monoisotopic (exact) mass is 454 g/mol. The molecule has 0 fully saturated rings. The summed E-state index contributed by atoms with van der Waals surface area (Å²) in [7, 11) is 0. The van der Waals surface area contributed by atoms with E-state index in [4.69, 9.17) is 34.8 Å². The summed E-state index contributed by atoms with van der Waals surface area (Å²) in [4.78, 5) is 27.4. The van der Waals surface area contributed by atoms with E-state index in [2.05, 4.69) is 5.32 Å². The fourth-order valence-electron chi connectivity index (χ4n) is 2.76. The third-order valence-electron chi connectivity index (χ3n) is 4.77. The highest BCUT2D eigenvalue weighted by atomic mass is 35.5. The molecular weight excluding hydrogens is 431 g/mol. The molecule has 0 aromatic heterocycles. The minimum absolute atomic E-state index is 0.0347. The second kappa shape index (κ2) is 10.9. The van der Waals surface area contributed by atoms with Gasteiger partial charge in [0, 0.05) is 17.6 Å². The van der Waals surface area contributed by atoms with Crippen LogP contribution in [0.3, 0.4) is 0 Å². The highest BCUT2D eigenvalue weighted by Gasteiger charge is 2.27. The number of halogens is 3. The predicted molar refractivity (Wildman–Crippen MR) is 120 cm³/mol. The van der Waals surface area contributed by atoms with Crippen molar-refractivity contribution in [3.8, 4) is 0 Å². The SMILES string of the molecule is CC[C@H](C)NC(=O)[C@@H](C)N(Cc1ccc(Cl)cc1)C(=O)Cc1ccc(Cl)c(Cl)c1. The van der Waals surface area contributed by atoms with Crippen LogP contribution in [-0.2, 0) is 22.6 Å². The maximum Gasteiger partial charge on any atom is 0.242 e. The third kappa shape index (κ3) is 6.91. The lowest BCUT2D eigenvalue weighted by Crippen LogP contribution is -2.49. The zero-order valence-electron chi connectivity index (χ0n) is 16.7. The average Bonchev–Trinajstić information content (AvgIpc) is 2.69. The molecule has 29 heavy (non-hydrogen) atoms. The van der Waals surface area contributed by atoms with Gasteiger partial charge in [-0.25, -0.2) is 0 Å². The summed E-state index contributed by atoms with van der Waals surface area (Å²) in [6.45, 7) is 5.97. The Hall–Kier alpha value is -1.75. The predicted octanol–water partition coefficient (Wildman–Crippen LogP) is 5.52. The highest BCUT2D eigenvalue weighted by Crippen LogP contribution is 2.23. The van der Waals surface area contributed by atoms with Crippen LogP contribution in [0.15, 0.2) is 42.5 Å². The first-order chi connectivity index (χ1) is 13.7. The number of benzene rings is 2. The number of amides is 2. The van der Waals surface area contributed by atoms with E-state index in [-0.39, 0.29) is 24.3 Å². The molecule has 2 atom stereocenters. The zero-order chi connectivity index (χ0) is 21.6. The van der Waals surface area contributed by atoms with E-state index in [1.54, 1.807) is 42.2 Å². The Balaban J connectivity index is 2.23. The van der Waals surface area contributed by atoms with Crippen LogP contribution in [0.5, 0.6) is 0 Å². The van der Waals surface area contributed by atoms with Crippen LogP contribution in [0.1, 0.15) is 38.3 Å². The molecule has 0 heterocycles. The Morgan fingerprint density at radius 3 is 2.17 bits per heavy atom. The van der Waals surface area contributed by atoms with E-state index in [1.807, 2.05) is 26.0 Å². The molecule has 4 nitrogen and oxygen atoms in total. The van der Waals surface area contributed by atoms with Gasteiger partial charge in [0.1, 0.15) is 6.04 Å². The fraction of sp³-hybridized carbons (Fsp3) is 0.364. The van der Waals surface area contributed by atoms with Crippen molar-refractivity contribution in [3.05, 3.63) is 68.7 Å². The molecule has 156 valence electrons. The van der Waals surface area contributed by atoms with Crippen molar-refractivity contribution < 1.29 is 9.59 Å². The first-order valence-corrected chi connectivity index (χ1v) is 10.6. The van der Waals surface area contributed by atoms with Gasteiger partial charge < -0.3 is 10.2 Å². The summed E-state index contributed by atoms with van der Waals surface area (Å²) < 4.78 is 0.